The van der Waals surface area contributed by atoms with Crippen molar-refractivity contribution in [2.24, 2.45) is 0 Å². The zero-order valence-corrected chi connectivity index (χ0v) is 14.2. The van der Waals surface area contributed by atoms with Crippen molar-refractivity contribution in [2.75, 3.05) is 40.5 Å². The Hall–Kier alpha value is -0.970. The maximum atomic E-state index is 5.97. The summed E-state index contributed by atoms with van der Waals surface area (Å²) in [7, 11) is 3.35. The number of hydrogen-bond donors (Lipinski definition) is 0. The van der Waals surface area contributed by atoms with Gasteiger partial charge in [-0.15, -0.1) is 12.4 Å². The zero-order chi connectivity index (χ0) is 14.5. The van der Waals surface area contributed by atoms with Crippen molar-refractivity contribution in [1.29, 1.82) is 0 Å². The lowest BCUT2D eigenvalue weighted by Crippen LogP contribution is -2.32. The van der Waals surface area contributed by atoms with Crippen LogP contribution in [0.1, 0.15) is 31.1 Å². The Morgan fingerprint density at radius 1 is 1.14 bits per heavy atom. The van der Waals surface area contributed by atoms with Crippen molar-refractivity contribution in [3.05, 3.63) is 23.3 Å². The van der Waals surface area contributed by atoms with E-state index in [4.69, 9.17) is 14.2 Å². The highest BCUT2D eigenvalue weighted by Gasteiger charge is 2.24. The third-order valence-electron chi connectivity index (χ3n) is 4.00. The SMILES string of the molecule is CCN(CC)CC1OCCc2cc(OC)c(OC)cc21.Cl. The molecule has 0 spiro atoms. The van der Waals surface area contributed by atoms with Crippen LogP contribution < -0.4 is 9.47 Å². The highest BCUT2D eigenvalue weighted by Crippen LogP contribution is 2.37. The Kier molecular flexibility index (Phi) is 7.29. The summed E-state index contributed by atoms with van der Waals surface area (Å²) in [4.78, 5) is 2.39. The monoisotopic (exact) mass is 315 g/mol. The predicted octanol–water partition coefficient (Wildman–Crippen LogP) is 3.08. The molecule has 0 aromatic heterocycles. The lowest BCUT2D eigenvalue weighted by atomic mass is 9.96. The highest BCUT2D eigenvalue weighted by molar-refractivity contribution is 5.85. The van der Waals surface area contributed by atoms with E-state index < -0.39 is 0 Å². The van der Waals surface area contributed by atoms with Gasteiger partial charge >= 0.3 is 0 Å². The molecule has 1 aromatic carbocycles. The first-order valence-corrected chi connectivity index (χ1v) is 7.32. The van der Waals surface area contributed by atoms with Crippen LogP contribution >= 0.6 is 12.4 Å². The van der Waals surface area contributed by atoms with Gasteiger partial charge in [-0.05, 0) is 42.8 Å². The second kappa shape index (κ2) is 8.47. The number of ether oxygens (including phenoxy) is 3. The number of hydrogen-bond acceptors (Lipinski definition) is 4. The minimum Gasteiger partial charge on any atom is -0.493 e. The number of fused-ring (bicyclic) bond motifs is 1. The summed E-state index contributed by atoms with van der Waals surface area (Å²) >= 11 is 0. The summed E-state index contributed by atoms with van der Waals surface area (Å²) in [6, 6.07) is 4.16. The van der Waals surface area contributed by atoms with Gasteiger partial charge < -0.3 is 19.1 Å². The number of halogens is 1. The molecule has 4 nitrogen and oxygen atoms in total. The smallest absolute Gasteiger partial charge is 0.161 e. The van der Waals surface area contributed by atoms with Crippen LogP contribution in [-0.4, -0.2) is 45.4 Å². The molecule has 0 bridgehead atoms. The maximum Gasteiger partial charge on any atom is 0.161 e. The van der Waals surface area contributed by atoms with E-state index in [1.807, 2.05) is 0 Å². The predicted molar refractivity (Wildman–Crippen MR) is 87.0 cm³/mol. The fourth-order valence-corrected chi connectivity index (χ4v) is 2.72. The van der Waals surface area contributed by atoms with E-state index >= 15 is 0 Å². The molecule has 120 valence electrons. The van der Waals surface area contributed by atoms with Crippen LogP contribution in [0.2, 0.25) is 0 Å². The molecule has 1 unspecified atom stereocenters. The van der Waals surface area contributed by atoms with Gasteiger partial charge in [0.2, 0.25) is 0 Å². The highest BCUT2D eigenvalue weighted by atomic mass is 35.5. The molecule has 1 atom stereocenters. The molecule has 0 aliphatic carbocycles. The fourth-order valence-electron chi connectivity index (χ4n) is 2.72. The van der Waals surface area contributed by atoms with Gasteiger partial charge in [0.1, 0.15) is 0 Å². The molecular weight excluding hydrogens is 290 g/mol. The van der Waals surface area contributed by atoms with Crippen LogP contribution in [0.5, 0.6) is 11.5 Å². The molecule has 1 aromatic rings. The standard InChI is InChI=1S/C16H25NO3.ClH/c1-5-17(6-2)11-16-13-10-15(19-4)14(18-3)9-12(13)7-8-20-16;/h9-10,16H,5-8,11H2,1-4H3;1H. The quantitative estimate of drug-likeness (QED) is 0.807. The van der Waals surface area contributed by atoms with E-state index in [9.17, 15) is 0 Å². The molecule has 0 radical (unpaired) electrons. The molecule has 0 amide bonds. The summed E-state index contributed by atoms with van der Waals surface area (Å²) in [6.45, 7) is 8.14. The summed E-state index contributed by atoms with van der Waals surface area (Å²) in [5.41, 5.74) is 2.55. The van der Waals surface area contributed by atoms with Crippen LogP contribution in [0.25, 0.3) is 0 Å². The van der Waals surface area contributed by atoms with E-state index in [1.165, 1.54) is 11.1 Å². The van der Waals surface area contributed by atoms with Gasteiger partial charge in [0.05, 0.1) is 26.9 Å². The Bertz CT molecular complexity index is 449. The minimum atomic E-state index is 0. The normalized spacial score (nSPS) is 17.1. The Balaban J connectivity index is 0.00000220. The Morgan fingerprint density at radius 3 is 2.33 bits per heavy atom. The first-order valence-electron chi connectivity index (χ1n) is 7.32. The topological polar surface area (TPSA) is 30.9 Å². The van der Waals surface area contributed by atoms with Crippen LogP contribution in [0.4, 0.5) is 0 Å². The van der Waals surface area contributed by atoms with Gasteiger partial charge in [-0.3, -0.25) is 0 Å². The number of benzene rings is 1. The van der Waals surface area contributed by atoms with Crippen molar-refractivity contribution >= 4 is 12.4 Å². The van der Waals surface area contributed by atoms with E-state index in [1.54, 1.807) is 14.2 Å². The van der Waals surface area contributed by atoms with E-state index in [-0.39, 0.29) is 18.5 Å². The largest absolute Gasteiger partial charge is 0.493 e. The summed E-state index contributed by atoms with van der Waals surface area (Å²) in [6.07, 6.45) is 1.06. The molecule has 0 saturated heterocycles. The second-order valence-corrected chi connectivity index (χ2v) is 5.00. The fraction of sp³-hybridized carbons (Fsp3) is 0.625. The zero-order valence-electron chi connectivity index (χ0n) is 13.3. The van der Waals surface area contributed by atoms with Crippen LogP contribution in [0.15, 0.2) is 12.1 Å². The lowest BCUT2D eigenvalue weighted by Gasteiger charge is -2.31. The first-order chi connectivity index (χ1) is 9.73. The van der Waals surface area contributed by atoms with Crippen molar-refractivity contribution in [1.82, 2.24) is 4.90 Å². The maximum absolute atomic E-state index is 5.97. The molecule has 1 aliphatic heterocycles. The van der Waals surface area contributed by atoms with Crippen molar-refractivity contribution in [2.45, 2.75) is 26.4 Å². The number of likely N-dealkylation sites (N-methyl/N-ethyl adjacent to an activating group) is 1. The molecule has 0 saturated carbocycles. The van der Waals surface area contributed by atoms with Gasteiger partial charge in [0, 0.05) is 6.54 Å². The molecule has 5 heteroatoms. The van der Waals surface area contributed by atoms with E-state index in [0.717, 1.165) is 44.2 Å². The van der Waals surface area contributed by atoms with Crippen LogP contribution in [0.3, 0.4) is 0 Å². The Labute approximate surface area is 133 Å². The van der Waals surface area contributed by atoms with Gasteiger partial charge in [-0.25, -0.2) is 0 Å². The van der Waals surface area contributed by atoms with Gasteiger partial charge in [-0.1, -0.05) is 13.8 Å². The number of methoxy groups -OCH3 is 2. The molecule has 0 fully saturated rings. The van der Waals surface area contributed by atoms with Gasteiger partial charge in [0.15, 0.2) is 11.5 Å². The van der Waals surface area contributed by atoms with Crippen LogP contribution in [0, 0.1) is 0 Å². The molecule has 2 rings (SSSR count). The van der Waals surface area contributed by atoms with Crippen molar-refractivity contribution in [3.63, 3.8) is 0 Å². The van der Waals surface area contributed by atoms with Crippen LogP contribution in [-0.2, 0) is 11.2 Å². The van der Waals surface area contributed by atoms with Crippen molar-refractivity contribution < 1.29 is 14.2 Å². The molecule has 21 heavy (non-hydrogen) atoms. The first kappa shape index (κ1) is 18.1. The summed E-state index contributed by atoms with van der Waals surface area (Å²) in [5, 5.41) is 0. The molecular formula is C16H26ClNO3. The summed E-state index contributed by atoms with van der Waals surface area (Å²) < 4.78 is 16.8. The van der Waals surface area contributed by atoms with E-state index in [2.05, 4.69) is 30.9 Å². The molecule has 0 N–H and O–H groups in total. The minimum absolute atomic E-state index is 0. The lowest BCUT2D eigenvalue weighted by molar-refractivity contribution is 0.0177. The van der Waals surface area contributed by atoms with Gasteiger partial charge in [0.25, 0.3) is 0 Å². The average molecular weight is 316 g/mol. The number of nitrogens with zero attached hydrogens (tertiary/aromatic N) is 1. The Morgan fingerprint density at radius 2 is 1.76 bits per heavy atom. The third-order valence-corrected chi connectivity index (χ3v) is 4.00. The van der Waals surface area contributed by atoms with E-state index in [0.29, 0.717) is 0 Å². The number of rotatable bonds is 6. The molecule has 1 aliphatic rings. The van der Waals surface area contributed by atoms with Crippen molar-refractivity contribution in [3.8, 4) is 11.5 Å². The van der Waals surface area contributed by atoms with Gasteiger partial charge in [-0.2, -0.15) is 0 Å². The molecule has 1 heterocycles. The third kappa shape index (κ3) is 4.02. The second-order valence-electron chi connectivity index (χ2n) is 5.00. The summed E-state index contributed by atoms with van der Waals surface area (Å²) in [5.74, 6) is 1.58. The average Bonchev–Trinajstić information content (AvgIpc) is 2.51.